The van der Waals surface area contributed by atoms with Crippen molar-refractivity contribution in [2.45, 2.75) is 55.8 Å². The number of aliphatic hydroxyl groups excluding tert-OH is 2. The molecule has 5 rings (SSSR count). The quantitative estimate of drug-likeness (QED) is 0.0249. The van der Waals surface area contributed by atoms with E-state index in [1.165, 1.54) is 31.7 Å². The molecule has 1 saturated heterocycles. The van der Waals surface area contributed by atoms with Gasteiger partial charge in [0.25, 0.3) is 0 Å². The molecule has 0 saturated carbocycles. The van der Waals surface area contributed by atoms with E-state index in [-0.39, 0.29) is 36.5 Å². The molecule has 3 unspecified atom stereocenters. The minimum absolute atomic E-state index is 0.0279. The van der Waals surface area contributed by atoms with Gasteiger partial charge in [-0.05, 0) is 6.07 Å². The Bertz CT molecular complexity index is 2360. The maximum atomic E-state index is 12.7. The van der Waals surface area contributed by atoms with Crippen molar-refractivity contribution >= 4 is 75.0 Å². The molecule has 4 aromatic rings. The summed E-state index contributed by atoms with van der Waals surface area (Å²) in [7, 11) is -16.4. The summed E-state index contributed by atoms with van der Waals surface area (Å²) >= 11 is 1.34. The van der Waals surface area contributed by atoms with Crippen molar-refractivity contribution in [2.75, 3.05) is 37.8 Å². The number of nitrogens with two attached hydrogens (primary N) is 1. The summed E-state index contributed by atoms with van der Waals surface area (Å²) in [5, 5.41) is 27.3. The number of hydrogen-bond donors (Lipinski definition) is 9. The fourth-order valence-corrected chi connectivity index (χ4v) is 9.25. The molecule has 1 aliphatic heterocycles. The molecular formula is C30H40N7O18P3S. The van der Waals surface area contributed by atoms with E-state index < -0.39 is 90.2 Å². The van der Waals surface area contributed by atoms with E-state index in [0.717, 1.165) is 22.6 Å². The molecule has 0 aliphatic carbocycles. The number of carbonyl (C=O) groups is 2. The number of anilines is 1. The number of phosphoric acid groups is 3. The van der Waals surface area contributed by atoms with Crippen LogP contribution in [0.15, 0.2) is 57.1 Å². The summed E-state index contributed by atoms with van der Waals surface area (Å²) in [6, 6.07) is 8.36. The van der Waals surface area contributed by atoms with Crippen molar-refractivity contribution in [2.24, 2.45) is 5.41 Å². The fourth-order valence-electron chi connectivity index (χ4n) is 5.49. The van der Waals surface area contributed by atoms with Gasteiger partial charge in [0.2, 0.25) is 11.8 Å². The number of fused-ring (bicyclic) bond motifs is 2. The largest absolute Gasteiger partial charge is 0.481 e. The average Bonchev–Trinajstić information content (AvgIpc) is 3.71. The van der Waals surface area contributed by atoms with E-state index in [1.807, 2.05) is 0 Å². The van der Waals surface area contributed by atoms with Crippen molar-refractivity contribution in [3.63, 3.8) is 0 Å². The second-order valence-corrected chi connectivity index (χ2v) is 18.7. The van der Waals surface area contributed by atoms with Gasteiger partial charge in [0.05, 0.1) is 19.5 Å². The average molecular weight is 912 g/mol. The van der Waals surface area contributed by atoms with Crippen molar-refractivity contribution in [3.05, 3.63) is 53.4 Å². The lowest BCUT2D eigenvalue weighted by molar-refractivity contribution is -0.137. The molecule has 2 amide bonds. The van der Waals surface area contributed by atoms with Gasteiger partial charge in [-0.2, -0.15) is 4.31 Å². The highest BCUT2D eigenvalue weighted by Gasteiger charge is 2.50. The lowest BCUT2D eigenvalue weighted by Gasteiger charge is -2.30. The SMILES string of the molecule is CC(C)(COP(=O)(O)OP(=O)(O)OC[C@H]1O[C@@H](n2cnc3c(N)ncnc32)[C@H](O)[C@@H]1OP(=O)(O)O)C(O)C(=O)NCCC(=O)NCCSc1cc(=O)oc2ccccc12. The number of amides is 2. The normalized spacial score (nSPS) is 21.2. The number of hydrogen-bond acceptors (Lipinski definition) is 19. The highest BCUT2D eigenvalue weighted by atomic mass is 32.2. The van der Waals surface area contributed by atoms with Crippen LogP contribution in [-0.2, 0) is 45.9 Å². The molecule has 324 valence electrons. The number of carbonyl (C=O) groups excluding carboxylic acids is 2. The lowest BCUT2D eigenvalue weighted by atomic mass is 9.87. The first-order chi connectivity index (χ1) is 27.6. The molecule has 4 heterocycles. The smallest absolute Gasteiger partial charge is 0.423 e. The highest BCUT2D eigenvalue weighted by Crippen LogP contribution is 2.61. The number of aliphatic hydroxyl groups is 2. The van der Waals surface area contributed by atoms with Gasteiger partial charge in [-0.15, -0.1) is 11.8 Å². The third-order valence-electron chi connectivity index (χ3n) is 8.37. The minimum Gasteiger partial charge on any atom is -0.423 e. The van der Waals surface area contributed by atoms with Gasteiger partial charge in [0.1, 0.15) is 41.8 Å². The van der Waals surface area contributed by atoms with Crippen LogP contribution in [0.4, 0.5) is 5.82 Å². The number of para-hydroxylation sites is 1. The van der Waals surface area contributed by atoms with Crippen LogP contribution < -0.4 is 22.0 Å². The predicted octanol–water partition coefficient (Wildman–Crippen LogP) is 0.304. The zero-order chi connectivity index (χ0) is 43.3. The third kappa shape index (κ3) is 12.4. The topological polar surface area (TPSA) is 377 Å². The van der Waals surface area contributed by atoms with Gasteiger partial charge < -0.3 is 55.3 Å². The highest BCUT2D eigenvalue weighted by molar-refractivity contribution is 7.99. The van der Waals surface area contributed by atoms with E-state index in [2.05, 4.69) is 34.4 Å². The fraction of sp³-hybridized carbons (Fsp3) is 0.467. The van der Waals surface area contributed by atoms with Crippen LogP contribution in [0.1, 0.15) is 26.5 Å². The molecule has 10 N–H and O–H groups in total. The number of nitrogen functional groups attached to an aromatic ring is 1. The van der Waals surface area contributed by atoms with Crippen LogP contribution in [0.3, 0.4) is 0 Å². The van der Waals surface area contributed by atoms with Crippen molar-refractivity contribution in [3.8, 4) is 0 Å². The number of nitrogens with one attached hydrogen (secondary N) is 2. The van der Waals surface area contributed by atoms with Crippen LogP contribution in [0, 0.1) is 5.41 Å². The first-order valence-corrected chi connectivity index (χ1v) is 22.6. The molecule has 59 heavy (non-hydrogen) atoms. The first kappa shape index (κ1) is 46.4. The Balaban J connectivity index is 1.06. The molecule has 1 aliphatic rings. The van der Waals surface area contributed by atoms with Crippen molar-refractivity contribution in [1.82, 2.24) is 30.2 Å². The maximum absolute atomic E-state index is 12.7. The lowest BCUT2D eigenvalue weighted by Crippen LogP contribution is -2.46. The number of phosphoric ester groups is 3. The van der Waals surface area contributed by atoms with E-state index in [9.17, 15) is 57.9 Å². The Morgan fingerprint density at radius 1 is 1.05 bits per heavy atom. The number of aromatic nitrogens is 4. The second kappa shape index (κ2) is 18.9. The number of ether oxygens (including phenoxy) is 1. The Morgan fingerprint density at radius 2 is 1.76 bits per heavy atom. The van der Waals surface area contributed by atoms with Gasteiger partial charge in [0, 0.05) is 47.0 Å². The van der Waals surface area contributed by atoms with Crippen LogP contribution in [0.25, 0.3) is 22.1 Å². The Hall–Kier alpha value is -3.68. The zero-order valence-corrected chi connectivity index (χ0v) is 34.4. The summed E-state index contributed by atoms with van der Waals surface area (Å²) in [4.78, 5) is 88.5. The molecule has 0 radical (unpaired) electrons. The van der Waals surface area contributed by atoms with Crippen molar-refractivity contribution in [1.29, 1.82) is 0 Å². The van der Waals surface area contributed by atoms with Gasteiger partial charge in [-0.3, -0.25) is 27.7 Å². The molecule has 29 heteroatoms. The zero-order valence-electron chi connectivity index (χ0n) is 30.9. The Labute approximate surface area is 337 Å². The first-order valence-electron chi connectivity index (χ1n) is 17.1. The number of thioether (sulfide) groups is 1. The molecule has 7 atom stereocenters. The molecule has 3 aromatic heterocycles. The number of imidazole rings is 1. The Morgan fingerprint density at radius 3 is 2.49 bits per heavy atom. The number of benzene rings is 1. The summed E-state index contributed by atoms with van der Waals surface area (Å²) in [5.41, 5.74) is 4.18. The summed E-state index contributed by atoms with van der Waals surface area (Å²) in [6.07, 6.45) is -6.95. The van der Waals surface area contributed by atoms with Crippen LogP contribution in [0.5, 0.6) is 0 Å². The molecule has 1 aromatic carbocycles. The van der Waals surface area contributed by atoms with Crippen LogP contribution in [-0.4, -0.2) is 118 Å². The molecule has 1 fully saturated rings. The van der Waals surface area contributed by atoms with Gasteiger partial charge >= 0.3 is 29.1 Å². The van der Waals surface area contributed by atoms with Crippen molar-refractivity contribution < 1.29 is 80.1 Å². The van der Waals surface area contributed by atoms with E-state index in [4.69, 9.17) is 23.9 Å². The summed E-state index contributed by atoms with van der Waals surface area (Å²) in [5.74, 6) is -1.04. The van der Waals surface area contributed by atoms with E-state index in [0.29, 0.717) is 16.2 Å². The standard InChI is InChI=1S/C30H40N7O18P3S/c1-30(2,25(41)28(42)33-8-7-20(38)32-9-10-59-19-11-21(39)52-17-6-4-3-5-16(17)19)13-51-58(48,49)55-57(46,47)50-12-18-24(54-56(43,44)45)23(40)29(53-18)37-15-36-22-26(31)34-14-35-27(22)37/h3-6,11,14-15,18,23-25,29,40-41H,7-10,12-13H2,1-2H3,(H,32,38)(H,33,42)(H,46,47)(H,48,49)(H2,31,34,35)(H2,43,44,45)/t18-,23-,24-,25?,29-/m1/s1. The van der Waals surface area contributed by atoms with Crippen LogP contribution in [0.2, 0.25) is 0 Å². The van der Waals surface area contributed by atoms with Gasteiger partial charge in [-0.25, -0.2) is 33.4 Å². The van der Waals surface area contributed by atoms with Gasteiger partial charge in [0.15, 0.2) is 17.7 Å². The third-order valence-corrected chi connectivity index (χ3v) is 12.5. The molecule has 0 spiro atoms. The van der Waals surface area contributed by atoms with E-state index in [1.54, 1.807) is 24.3 Å². The summed E-state index contributed by atoms with van der Waals surface area (Å²) in [6.45, 7) is 0.502. The van der Waals surface area contributed by atoms with Gasteiger partial charge in [-0.1, -0.05) is 32.0 Å². The Kier molecular flexibility index (Phi) is 14.9. The summed E-state index contributed by atoms with van der Waals surface area (Å²) < 4.78 is 67.4. The predicted molar refractivity (Wildman–Crippen MR) is 203 cm³/mol. The maximum Gasteiger partial charge on any atom is 0.481 e. The number of rotatable bonds is 20. The molecule has 0 bridgehead atoms. The number of nitrogens with zero attached hydrogens (tertiary/aromatic N) is 4. The molecular weight excluding hydrogens is 871 g/mol. The molecule has 25 nitrogen and oxygen atoms in total. The minimum atomic E-state index is -5.58. The monoisotopic (exact) mass is 911 g/mol. The second-order valence-electron chi connectivity index (χ2n) is 13.3. The van der Waals surface area contributed by atoms with E-state index >= 15 is 0 Å². The van der Waals surface area contributed by atoms with Crippen LogP contribution >= 0.6 is 35.2 Å².